The summed E-state index contributed by atoms with van der Waals surface area (Å²) >= 11 is 0. The summed E-state index contributed by atoms with van der Waals surface area (Å²) in [7, 11) is 0. The number of hydrogen-bond donors (Lipinski definition) is 0. The van der Waals surface area contributed by atoms with E-state index in [9.17, 15) is 9.59 Å². The van der Waals surface area contributed by atoms with Gasteiger partial charge in [0.25, 0.3) is 0 Å². The van der Waals surface area contributed by atoms with E-state index in [1.54, 1.807) is 0 Å². The molecule has 0 radical (unpaired) electrons. The summed E-state index contributed by atoms with van der Waals surface area (Å²) in [6.07, 6.45) is 0.368. The molecule has 1 heterocycles. The second-order valence-corrected chi connectivity index (χ2v) is 3.53. The Kier molecular flexibility index (Phi) is 3.28. The van der Waals surface area contributed by atoms with Crippen LogP contribution in [0.3, 0.4) is 0 Å². The molecular weight excluding hydrogens is 172 g/mol. The lowest BCUT2D eigenvalue weighted by atomic mass is 10.1. The molecule has 1 atom stereocenters. The fourth-order valence-corrected chi connectivity index (χ4v) is 0.920. The zero-order chi connectivity index (χ0) is 9.84. The monoisotopic (exact) mass is 186 g/mol. The van der Waals surface area contributed by atoms with Gasteiger partial charge in [-0.2, -0.15) is 0 Å². The van der Waals surface area contributed by atoms with E-state index in [2.05, 4.69) is 18.6 Å². The highest BCUT2D eigenvalue weighted by molar-refractivity contribution is 5.89. The highest BCUT2D eigenvalue weighted by Crippen LogP contribution is 2.14. The SMILES string of the molecule is CC(C)CCOC(=O)C1CC(=O)O1. The zero-order valence-electron chi connectivity index (χ0n) is 7.91. The molecule has 0 saturated carbocycles. The molecule has 0 aromatic carbocycles. The summed E-state index contributed by atoms with van der Waals surface area (Å²) in [4.78, 5) is 21.4. The predicted molar refractivity (Wildman–Crippen MR) is 44.9 cm³/mol. The minimum Gasteiger partial charge on any atom is -0.463 e. The first-order valence-corrected chi connectivity index (χ1v) is 4.45. The van der Waals surface area contributed by atoms with Gasteiger partial charge in [0.1, 0.15) is 0 Å². The normalized spacial score (nSPS) is 20.8. The highest BCUT2D eigenvalue weighted by atomic mass is 16.6. The van der Waals surface area contributed by atoms with Gasteiger partial charge in [-0.25, -0.2) is 4.79 Å². The van der Waals surface area contributed by atoms with Crippen LogP contribution >= 0.6 is 0 Å². The molecule has 1 fully saturated rings. The number of carbonyl (C=O) groups is 2. The van der Waals surface area contributed by atoms with Crippen LogP contribution in [-0.2, 0) is 19.1 Å². The molecule has 1 aliphatic heterocycles. The Labute approximate surface area is 77.2 Å². The Bertz CT molecular complexity index is 202. The second-order valence-electron chi connectivity index (χ2n) is 3.53. The molecule has 0 aliphatic carbocycles. The molecule has 4 heteroatoms. The number of hydrogen-bond acceptors (Lipinski definition) is 4. The van der Waals surface area contributed by atoms with E-state index in [0.29, 0.717) is 12.5 Å². The number of cyclic esters (lactones) is 1. The third-order valence-corrected chi connectivity index (χ3v) is 1.83. The van der Waals surface area contributed by atoms with Crippen LogP contribution in [0.15, 0.2) is 0 Å². The molecule has 0 aromatic rings. The van der Waals surface area contributed by atoms with E-state index in [4.69, 9.17) is 4.74 Å². The Hall–Kier alpha value is -1.06. The molecule has 1 saturated heterocycles. The van der Waals surface area contributed by atoms with Crippen molar-refractivity contribution >= 4 is 11.9 Å². The molecule has 74 valence electrons. The lowest BCUT2D eigenvalue weighted by Crippen LogP contribution is -2.40. The average molecular weight is 186 g/mol. The molecule has 1 unspecified atom stereocenters. The first-order chi connectivity index (χ1) is 6.09. The van der Waals surface area contributed by atoms with Gasteiger partial charge in [0.2, 0.25) is 6.10 Å². The summed E-state index contributed by atoms with van der Waals surface area (Å²) in [5.74, 6) is -0.234. The van der Waals surface area contributed by atoms with E-state index in [1.165, 1.54) is 0 Å². The molecule has 0 aromatic heterocycles. The van der Waals surface area contributed by atoms with Gasteiger partial charge in [0.05, 0.1) is 13.0 Å². The van der Waals surface area contributed by atoms with Crippen molar-refractivity contribution in [3.05, 3.63) is 0 Å². The maximum absolute atomic E-state index is 11.1. The van der Waals surface area contributed by atoms with Crippen molar-refractivity contribution < 1.29 is 19.1 Å². The van der Waals surface area contributed by atoms with Crippen molar-refractivity contribution in [3.8, 4) is 0 Å². The lowest BCUT2D eigenvalue weighted by Gasteiger charge is -2.23. The molecule has 1 aliphatic rings. The van der Waals surface area contributed by atoms with E-state index in [-0.39, 0.29) is 12.4 Å². The van der Waals surface area contributed by atoms with Crippen LogP contribution in [0.5, 0.6) is 0 Å². The van der Waals surface area contributed by atoms with Crippen molar-refractivity contribution in [1.29, 1.82) is 0 Å². The molecule has 0 amide bonds. The minimum absolute atomic E-state index is 0.167. The van der Waals surface area contributed by atoms with Crippen LogP contribution in [0.4, 0.5) is 0 Å². The van der Waals surface area contributed by atoms with Gasteiger partial charge >= 0.3 is 11.9 Å². The fraction of sp³-hybridized carbons (Fsp3) is 0.778. The summed E-state index contributed by atoms with van der Waals surface area (Å²) < 4.78 is 9.43. The highest BCUT2D eigenvalue weighted by Gasteiger charge is 2.36. The third kappa shape index (κ3) is 3.05. The van der Waals surface area contributed by atoms with Crippen LogP contribution < -0.4 is 0 Å². The molecule has 0 bridgehead atoms. The van der Waals surface area contributed by atoms with E-state index < -0.39 is 12.1 Å². The summed E-state index contributed by atoms with van der Waals surface area (Å²) in [5, 5.41) is 0. The number of rotatable bonds is 4. The topological polar surface area (TPSA) is 52.6 Å². The van der Waals surface area contributed by atoms with Gasteiger partial charge in [0.15, 0.2) is 0 Å². The largest absolute Gasteiger partial charge is 0.463 e. The molecule has 0 N–H and O–H groups in total. The Balaban J connectivity index is 2.08. The summed E-state index contributed by atoms with van der Waals surface area (Å²) in [6.45, 7) is 4.51. The summed E-state index contributed by atoms with van der Waals surface area (Å²) in [5.41, 5.74) is 0. The Morgan fingerprint density at radius 3 is 2.77 bits per heavy atom. The first kappa shape index (κ1) is 10.0. The molecule has 1 rings (SSSR count). The summed E-state index contributed by atoms with van der Waals surface area (Å²) in [6, 6.07) is 0. The van der Waals surface area contributed by atoms with Crippen LogP contribution in [0, 0.1) is 5.92 Å². The van der Waals surface area contributed by atoms with E-state index in [0.717, 1.165) is 6.42 Å². The number of esters is 2. The molecule has 4 nitrogen and oxygen atoms in total. The zero-order valence-corrected chi connectivity index (χ0v) is 7.91. The van der Waals surface area contributed by atoms with Gasteiger partial charge in [-0.15, -0.1) is 0 Å². The Morgan fingerprint density at radius 1 is 1.69 bits per heavy atom. The van der Waals surface area contributed by atoms with Crippen molar-refractivity contribution in [2.45, 2.75) is 32.8 Å². The number of ether oxygens (including phenoxy) is 2. The molecule has 0 spiro atoms. The minimum atomic E-state index is -0.639. The van der Waals surface area contributed by atoms with Crippen LogP contribution in [0.25, 0.3) is 0 Å². The van der Waals surface area contributed by atoms with Crippen molar-refractivity contribution in [2.75, 3.05) is 6.61 Å². The molecule has 13 heavy (non-hydrogen) atoms. The van der Waals surface area contributed by atoms with E-state index >= 15 is 0 Å². The van der Waals surface area contributed by atoms with Crippen LogP contribution in [0.2, 0.25) is 0 Å². The van der Waals surface area contributed by atoms with Gasteiger partial charge in [-0.3, -0.25) is 4.79 Å². The van der Waals surface area contributed by atoms with Gasteiger partial charge in [0, 0.05) is 0 Å². The maximum Gasteiger partial charge on any atom is 0.348 e. The van der Waals surface area contributed by atoms with Gasteiger partial charge in [-0.1, -0.05) is 13.8 Å². The lowest BCUT2D eigenvalue weighted by molar-refractivity contribution is -0.185. The second kappa shape index (κ2) is 4.25. The standard InChI is InChI=1S/C9H14O4/c1-6(2)3-4-12-9(11)7-5-8(10)13-7/h6-7H,3-5H2,1-2H3. The van der Waals surface area contributed by atoms with Gasteiger partial charge < -0.3 is 9.47 Å². The smallest absolute Gasteiger partial charge is 0.348 e. The Morgan fingerprint density at radius 2 is 2.31 bits per heavy atom. The van der Waals surface area contributed by atoms with Crippen molar-refractivity contribution in [1.82, 2.24) is 0 Å². The fourth-order valence-electron chi connectivity index (χ4n) is 0.920. The third-order valence-electron chi connectivity index (χ3n) is 1.83. The number of carbonyl (C=O) groups excluding carboxylic acids is 2. The average Bonchev–Trinajstić information content (AvgIpc) is 1.97. The molecular formula is C9H14O4. The van der Waals surface area contributed by atoms with Crippen LogP contribution in [0.1, 0.15) is 26.7 Å². The van der Waals surface area contributed by atoms with Gasteiger partial charge in [-0.05, 0) is 12.3 Å². The van der Waals surface area contributed by atoms with Crippen LogP contribution in [-0.4, -0.2) is 24.6 Å². The van der Waals surface area contributed by atoms with Crippen molar-refractivity contribution in [2.24, 2.45) is 5.92 Å². The van der Waals surface area contributed by atoms with E-state index in [1.807, 2.05) is 0 Å². The predicted octanol–water partition coefficient (Wildman–Crippen LogP) is 0.891. The maximum atomic E-state index is 11.1. The quantitative estimate of drug-likeness (QED) is 0.612. The first-order valence-electron chi connectivity index (χ1n) is 4.45. The van der Waals surface area contributed by atoms with Crippen molar-refractivity contribution in [3.63, 3.8) is 0 Å².